The summed E-state index contributed by atoms with van der Waals surface area (Å²) in [6, 6.07) is 22.2. The van der Waals surface area contributed by atoms with Gasteiger partial charge < -0.3 is 10.2 Å². The van der Waals surface area contributed by atoms with Gasteiger partial charge in [-0.25, -0.2) is 0 Å². The maximum Gasteiger partial charge on any atom is 0.243 e. The molecule has 0 saturated carbocycles. The number of carbonyl (C=O) groups excluding carboxylic acids is 2. The zero-order chi connectivity index (χ0) is 25.6. The van der Waals surface area contributed by atoms with Crippen molar-refractivity contribution in [1.82, 2.24) is 10.2 Å². The van der Waals surface area contributed by atoms with E-state index in [0.29, 0.717) is 28.6 Å². The summed E-state index contributed by atoms with van der Waals surface area (Å²) >= 11 is 12.4. The molecular formula is C29H32Cl2N2O2. The van der Waals surface area contributed by atoms with Gasteiger partial charge in [-0.05, 0) is 56.5 Å². The van der Waals surface area contributed by atoms with Gasteiger partial charge in [0.05, 0.1) is 6.42 Å². The predicted molar refractivity (Wildman–Crippen MR) is 144 cm³/mol. The Morgan fingerprint density at radius 1 is 0.914 bits per heavy atom. The zero-order valence-electron chi connectivity index (χ0n) is 20.6. The Balaban J connectivity index is 2.01. The topological polar surface area (TPSA) is 49.4 Å². The quantitative estimate of drug-likeness (QED) is 0.381. The Kier molecular flexibility index (Phi) is 8.98. The van der Waals surface area contributed by atoms with Crippen LogP contribution in [0.5, 0.6) is 0 Å². The summed E-state index contributed by atoms with van der Waals surface area (Å²) in [6.07, 6.45) is 0.463. The number of aryl methyl sites for hydroxylation is 1. The van der Waals surface area contributed by atoms with Crippen molar-refractivity contribution in [2.75, 3.05) is 0 Å². The van der Waals surface area contributed by atoms with Gasteiger partial charge in [0.2, 0.25) is 11.8 Å². The van der Waals surface area contributed by atoms with Gasteiger partial charge in [0, 0.05) is 28.5 Å². The van der Waals surface area contributed by atoms with E-state index >= 15 is 0 Å². The van der Waals surface area contributed by atoms with Gasteiger partial charge in [-0.3, -0.25) is 9.59 Å². The van der Waals surface area contributed by atoms with Crippen molar-refractivity contribution in [1.29, 1.82) is 0 Å². The third-order valence-corrected chi connectivity index (χ3v) is 6.15. The van der Waals surface area contributed by atoms with Crippen molar-refractivity contribution in [2.24, 2.45) is 0 Å². The fourth-order valence-corrected chi connectivity index (χ4v) is 4.42. The number of hydrogen-bond donors (Lipinski definition) is 1. The molecule has 0 aliphatic rings. The first-order chi connectivity index (χ1) is 16.5. The van der Waals surface area contributed by atoms with E-state index in [0.717, 1.165) is 16.7 Å². The van der Waals surface area contributed by atoms with Crippen LogP contribution in [0.3, 0.4) is 0 Å². The summed E-state index contributed by atoms with van der Waals surface area (Å²) in [7, 11) is 0. The molecule has 0 heterocycles. The number of benzene rings is 3. The first-order valence-electron chi connectivity index (χ1n) is 11.7. The third kappa shape index (κ3) is 8.12. The molecule has 35 heavy (non-hydrogen) atoms. The first-order valence-corrected chi connectivity index (χ1v) is 12.4. The van der Waals surface area contributed by atoms with Crippen LogP contribution < -0.4 is 5.32 Å². The number of nitrogens with zero attached hydrogens (tertiary/aromatic N) is 1. The molecule has 0 saturated heterocycles. The highest BCUT2D eigenvalue weighted by Crippen LogP contribution is 2.24. The maximum atomic E-state index is 13.8. The fraction of sp³-hybridized carbons (Fsp3) is 0.310. The molecule has 3 aromatic rings. The second-order valence-electron chi connectivity index (χ2n) is 9.87. The largest absolute Gasteiger partial charge is 0.350 e. The van der Waals surface area contributed by atoms with E-state index in [-0.39, 0.29) is 18.2 Å². The smallest absolute Gasteiger partial charge is 0.243 e. The second kappa shape index (κ2) is 11.7. The standard InChI is InChI=1S/C29H32Cl2N2O2/c1-20-9-8-12-22(15-20)19-33(27(34)17-23-13-14-24(30)18-25(23)31)26(28(35)32-29(2,3)4)16-21-10-6-5-7-11-21/h5-15,18,26H,16-17,19H2,1-4H3,(H,32,35)/t26-/m1/s1. The van der Waals surface area contributed by atoms with E-state index in [4.69, 9.17) is 23.2 Å². The van der Waals surface area contributed by atoms with Crippen molar-refractivity contribution in [2.45, 2.75) is 58.7 Å². The molecule has 0 aromatic heterocycles. The van der Waals surface area contributed by atoms with Crippen LogP contribution in [-0.2, 0) is 29.0 Å². The van der Waals surface area contributed by atoms with Gasteiger partial charge in [0.1, 0.15) is 6.04 Å². The Morgan fingerprint density at radius 2 is 1.60 bits per heavy atom. The van der Waals surface area contributed by atoms with Crippen molar-refractivity contribution in [3.05, 3.63) is 105 Å². The Hall–Kier alpha value is -2.82. The molecule has 1 atom stereocenters. The minimum atomic E-state index is -0.698. The van der Waals surface area contributed by atoms with Crippen LogP contribution in [0.25, 0.3) is 0 Å². The van der Waals surface area contributed by atoms with Crippen LogP contribution in [0.4, 0.5) is 0 Å². The van der Waals surface area contributed by atoms with Crippen molar-refractivity contribution in [3.8, 4) is 0 Å². The van der Waals surface area contributed by atoms with E-state index in [1.54, 1.807) is 23.1 Å². The summed E-state index contributed by atoms with van der Waals surface area (Å²) in [5.41, 5.74) is 3.26. The highest BCUT2D eigenvalue weighted by molar-refractivity contribution is 6.35. The first kappa shape index (κ1) is 26.8. The van der Waals surface area contributed by atoms with Gasteiger partial charge in [0.15, 0.2) is 0 Å². The summed E-state index contributed by atoms with van der Waals surface area (Å²) in [4.78, 5) is 29.1. The van der Waals surface area contributed by atoms with Crippen LogP contribution >= 0.6 is 23.2 Å². The zero-order valence-corrected chi connectivity index (χ0v) is 22.2. The van der Waals surface area contributed by atoms with Crippen LogP contribution in [0.2, 0.25) is 10.0 Å². The van der Waals surface area contributed by atoms with Crippen LogP contribution in [-0.4, -0.2) is 28.3 Å². The minimum Gasteiger partial charge on any atom is -0.350 e. The lowest BCUT2D eigenvalue weighted by Crippen LogP contribution is -2.54. The molecule has 3 aromatic carbocycles. The number of hydrogen-bond acceptors (Lipinski definition) is 2. The Bertz CT molecular complexity index is 1170. The van der Waals surface area contributed by atoms with Crippen LogP contribution in [0.15, 0.2) is 72.8 Å². The predicted octanol–water partition coefficient (Wildman–Crippen LogP) is 6.40. The highest BCUT2D eigenvalue weighted by Gasteiger charge is 2.32. The van der Waals surface area contributed by atoms with E-state index < -0.39 is 11.6 Å². The SMILES string of the molecule is Cc1cccc(CN(C(=O)Cc2ccc(Cl)cc2Cl)[C@H](Cc2ccccc2)C(=O)NC(C)(C)C)c1. The van der Waals surface area contributed by atoms with Gasteiger partial charge in [0.25, 0.3) is 0 Å². The summed E-state index contributed by atoms with van der Waals surface area (Å²) < 4.78 is 0. The number of amides is 2. The van der Waals surface area contributed by atoms with Crippen molar-refractivity contribution < 1.29 is 9.59 Å². The minimum absolute atomic E-state index is 0.0654. The Labute approximate surface area is 218 Å². The van der Waals surface area contributed by atoms with Crippen molar-refractivity contribution in [3.63, 3.8) is 0 Å². The lowest BCUT2D eigenvalue weighted by molar-refractivity contribution is -0.141. The molecule has 0 unspecified atom stereocenters. The molecular weight excluding hydrogens is 479 g/mol. The van der Waals surface area contributed by atoms with Crippen LogP contribution in [0.1, 0.15) is 43.0 Å². The molecule has 0 fully saturated rings. The summed E-state index contributed by atoms with van der Waals surface area (Å²) in [6.45, 7) is 8.12. The van der Waals surface area contributed by atoms with E-state index in [2.05, 4.69) is 5.32 Å². The molecule has 184 valence electrons. The second-order valence-corrected chi connectivity index (χ2v) is 10.7. The average Bonchev–Trinajstić information content (AvgIpc) is 2.77. The molecule has 1 N–H and O–H groups in total. The molecule has 0 radical (unpaired) electrons. The van der Waals surface area contributed by atoms with Gasteiger partial charge in [-0.2, -0.15) is 0 Å². The molecule has 2 amide bonds. The average molecular weight is 511 g/mol. The van der Waals surface area contributed by atoms with Gasteiger partial charge >= 0.3 is 0 Å². The molecule has 0 spiro atoms. The normalized spacial score (nSPS) is 12.2. The molecule has 0 aliphatic heterocycles. The van der Waals surface area contributed by atoms with Crippen LogP contribution in [0, 0.1) is 6.92 Å². The fourth-order valence-electron chi connectivity index (χ4n) is 3.94. The van der Waals surface area contributed by atoms with Crippen molar-refractivity contribution >= 4 is 35.0 Å². The summed E-state index contributed by atoms with van der Waals surface area (Å²) in [5.74, 6) is -0.370. The highest BCUT2D eigenvalue weighted by atomic mass is 35.5. The maximum absolute atomic E-state index is 13.8. The lowest BCUT2D eigenvalue weighted by Gasteiger charge is -2.34. The molecule has 0 bridgehead atoms. The number of rotatable bonds is 8. The summed E-state index contributed by atoms with van der Waals surface area (Å²) in [5, 5.41) is 4.02. The van der Waals surface area contributed by atoms with E-state index in [1.807, 2.05) is 82.3 Å². The lowest BCUT2D eigenvalue weighted by atomic mass is 9.99. The molecule has 4 nitrogen and oxygen atoms in total. The monoisotopic (exact) mass is 510 g/mol. The van der Waals surface area contributed by atoms with E-state index in [9.17, 15) is 9.59 Å². The molecule has 0 aliphatic carbocycles. The Morgan fingerprint density at radius 3 is 2.23 bits per heavy atom. The van der Waals surface area contributed by atoms with Gasteiger partial charge in [-0.1, -0.05) is 89.4 Å². The third-order valence-electron chi connectivity index (χ3n) is 5.56. The van der Waals surface area contributed by atoms with E-state index in [1.165, 1.54) is 0 Å². The number of halogens is 2. The number of carbonyl (C=O) groups is 2. The molecule has 3 rings (SSSR count). The van der Waals surface area contributed by atoms with Gasteiger partial charge in [-0.15, -0.1) is 0 Å². The molecule has 6 heteroatoms. The number of nitrogens with one attached hydrogen (secondary N) is 1.